The molecule has 0 saturated heterocycles. The fourth-order valence-corrected chi connectivity index (χ4v) is 2.79. The highest BCUT2D eigenvalue weighted by atomic mass is 19.1. The summed E-state index contributed by atoms with van der Waals surface area (Å²) in [5.74, 6) is -1.80. The quantitative estimate of drug-likeness (QED) is 0.866. The van der Waals surface area contributed by atoms with Gasteiger partial charge in [-0.1, -0.05) is 6.07 Å². The molecule has 1 saturated carbocycles. The van der Waals surface area contributed by atoms with Crippen LogP contribution >= 0.6 is 0 Å². The average Bonchev–Trinajstić information content (AvgIpc) is 2.95. The van der Waals surface area contributed by atoms with E-state index in [0.29, 0.717) is 12.8 Å². The lowest BCUT2D eigenvalue weighted by Crippen LogP contribution is -2.42. The number of carbonyl (C=O) groups is 1. The van der Waals surface area contributed by atoms with Crippen LogP contribution in [0.1, 0.15) is 24.4 Å². The molecule has 1 heterocycles. The molecule has 2 N–H and O–H groups in total. The van der Waals surface area contributed by atoms with Gasteiger partial charge in [-0.05, 0) is 24.8 Å². The van der Waals surface area contributed by atoms with Crippen LogP contribution < -0.4 is 5.32 Å². The highest BCUT2D eigenvalue weighted by Crippen LogP contribution is 2.38. The SMILES string of the molecule is O=C(Cn1cnnc1)NC(c1ccc(F)cc1F)C1CC(O)C1. The van der Waals surface area contributed by atoms with Crippen LogP contribution in [-0.2, 0) is 11.3 Å². The standard InChI is InChI=1S/C15H16F2N4O2/c16-10-1-2-12(13(17)5-10)15(9-3-11(22)4-9)20-14(23)6-21-7-18-19-8-21/h1-2,5,7-9,11,15,22H,3-4,6H2,(H,20,23). The molecule has 1 aliphatic carbocycles. The van der Waals surface area contributed by atoms with Crippen molar-refractivity contribution in [3.8, 4) is 0 Å². The highest BCUT2D eigenvalue weighted by Gasteiger charge is 2.36. The number of aromatic nitrogens is 3. The van der Waals surface area contributed by atoms with Gasteiger partial charge in [-0.2, -0.15) is 0 Å². The third-order valence-electron chi connectivity index (χ3n) is 4.03. The number of amides is 1. The predicted octanol–water partition coefficient (Wildman–Crippen LogP) is 1.18. The minimum Gasteiger partial charge on any atom is -0.393 e. The number of nitrogens with one attached hydrogen (secondary N) is 1. The van der Waals surface area contributed by atoms with Crippen LogP contribution in [0.2, 0.25) is 0 Å². The monoisotopic (exact) mass is 322 g/mol. The van der Waals surface area contributed by atoms with Crippen molar-refractivity contribution in [1.82, 2.24) is 20.1 Å². The van der Waals surface area contributed by atoms with Crippen molar-refractivity contribution in [1.29, 1.82) is 0 Å². The lowest BCUT2D eigenvalue weighted by Gasteiger charge is -2.38. The molecule has 0 bridgehead atoms. The summed E-state index contributed by atoms with van der Waals surface area (Å²) in [6, 6.07) is 2.68. The first-order valence-corrected chi connectivity index (χ1v) is 7.27. The van der Waals surface area contributed by atoms with Crippen molar-refractivity contribution >= 4 is 5.91 Å². The molecular weight excluding hydrogens is 306 g/mol. The van der Waals surface area contributed by atoms with Crippen LogP contribution in [0.5, 0.6) is 0 Å². The van der Waals surface area contributed by atoms with Crippen molar-refractivity contribution in [2.45, 2.75) is 31.5 Å². The average molecular weight is 322 g/mol. The van der Waals surface area contributed by atoms with E-state index in [4.69, 9.17) is 0 Å². The number of hydrogen-bond acceptors (Lipinski definition) is 4. The van der Waals surface area contributed by atoms with Crippen molar-refractivity contribution in [3.63, 3.8) is 0 Å². The van der Waals surface area contributed by atoms with Gasteiger partial charge in [0, 0.05) is 11.6 Å². The maximum Gasteiger partial charge on any atom is 0.240 e. The Labute approximate surface area is 131 Å². The molecule has 122 valence electrons. The van der Waals surface area contributed by atoms with Crippen LogP contribution in [-0.4, -0.2) is 31.9 Å². The predicted molar refractivity (Wildman–Crippen MR) is 76.0 cm³/mol. The Morgan fingerprint density at radius 1 is 1.35 bits per heavy atom. The first-order valence-electron chi connectivity index (χ1n) is 7.27. The number of aliphatic hydroxyl groups is 1. The molecule has 2 aromatic rings. The minimum atomic E-state index is -0.707. The number of aliphatic hydroxyl groups excluding tert-OH is 1. The summed E-state index contributed by atoms with van der Waals surface area (Å²) in [6.07, 6.45) is 3.30. The van der Waals surface area contributed by atoms with Gasteiger partial charge >= 0.3 is 0 Å². The molecule has 1 aliphatic rings. The molecule has 0 radical (unpaired) electrons. The molecule has 6 nitrogen and oxygen atoms in total. The maximum atomic E-state index is 14.1. The van der Waals surface area contributed by atoms with Crippen molar-refractivity contribution in [2.75, 3.05) is 0 Å². The number of nitrogens with zero attached hydrogens (tertiary/aromatic N) is 3. The van der Waals surface area contributed by atoms with E-state index in [1.807, 2.05) is 0 Å². The van der Waals surface area contributed by atoms with E-state index < -0.39 is 23.8 Å². The first kappa shape index (κ1) is 15.5. The fourth-order valence-electron chi connectivity index (χ4n) is 2.79. The molecule has 23 heavy (non-hydrogen) atoms. The summed E-state index contributed by atoms with van der Waals surface area (Å²) >= 11 is 0. The molecule has 8 heteroatoms. The van der Waals surface area contributed by atoms with Gasteiger partial charge in [0.1, 0.15) is 30.8 Å². The number of carbonyl (C=O) groups excluding carboxylic acids is 1. The van der Waals surface area contributed by atoms with E-state index in [2.05, 4.69) is 15.5 Å². The van der Waals surface area contributed by atoms with E-state index in [1.165, 1.54) is 23.3 Å². The summed E-state index contributed by atoms with van der Waals surface area (Å²) in [5, 5.41) is 19.5. The van der Waals surface area contributed by atoms with E-state index in [-0.39, 0.29) is 23.9 Å². The Morgan fingerprint density at radius 2 is 2.04 bits per heavy atom. The van der Waals surface area contributed by atoms with Gasteiger partial charge in [0.15, 0.2) is 0 Å². The van der Waals surface area contributed by atoms with E-state index in [1.54, 1.807) is 0 Å². The molecule has 0 spiro atoms. The second kappa shape index (κ2) is 6.41. The fraction of sp³-hybridized carbons (Fsp3) is 0.400. The van der Waals surface area contributed by atoms with Gasteiger partial charge in [-0.15, -0.1) is 10.2 Å². The Kier molecular flexibility index (Phi) is 4.33. The second-order valence-electron chi connectivity index (χ2n) is 5.73. The molecule has 1 unspecified atom stereocenters. The van der Waals surface area contributed by atoms with Gasteiger partial charge in [0.05, 0.1) is 12.1 Å². The summed E-state index contributed by atoms with van der Waals surface area (Å²) in [5.41, 5.74) is 0.223. The lowest BCUT2D eigenvalue weighted by molar-refractivity contribution is -0.123. The van der Waals surface area contributed by atoms with Gasteiger partial charge in [0.25, 0.3) is 0 Å². The minimum absolute atomic E-state index is 0.00157. The second-order valence-corrected chi connectivity index (χ2v) is 5.73. The van der Waals surface area contributed by atoms with Crippen LogP contribution in [0.15, 0.2) is 30.9 Å². The molecule has 1 aromatic carbocycles. The molecular formula is C15H16F2N4O2. The van der Waals surface area contributed by atoms with Crippen molar-refractivity contribution in [3.05, 3.63) is 48.1 Å². The van der Waals surface area contributed by atoms with Gasteiger partial charge < -0.3 is 15.0 Å². The molecule has 1 amide bonds. The normalized spacial score (nSPS) is 21.5. The Morgan fingerprint density at radius 3 is 2.65 bits per heavy atom. The van der Waals surface area contributed by atoms with Crippen LogP contribution in [0.25, 0.3) is 0 Å². The van der Waals surface area contributed by atoms with E-state index in [9.17, 15) is 18.7 Å². The maximum absolute atomic E-state index is 14.1. The lowest BCUT2D eigenvalue weighted by atomic mass is 9.75. The van der Waals surface area contributed by atoms with Crippen molar-refractivity contribution in [2.24, 2.45) is 5.92 Å². The zero-order valence-corrected chi connectivity index (χ0v) is 12.2. The van der Waals surface area contributed by atoms with Crippen LogP contribution in [0, 0.1) is 17.6 Å². The molecule has 3 rings (SSSR count). The van der Waals surface area contributed by atoms with Crippen molar-refractivity contribution < 1.29 is 18.7 Å². The van der Waals surface area contributed by atoms with Gasteiger partial charge in [-0.3, -0.25) is 4.79 Å². The van der Waals surface area contributed by atoms with Gasteiger partial charge in [-0.25, -0.2) is 8.78 Å². The van der Waals surface area contributed by atoms with Gasteiger partial charge in [0.2, 0.25) is 5.91 Å². The largest absolute Gasteiger partial charge is 0.393 e. The Hall–Kier alpha value is -2.35. The number of hydrogen-bond donors (Lipinski definition) is 2. The topological polar surface area (TPSA) is 80.0 Å². The van der Waals surface area contributed by atoms with Crippen LogP contribution in [0.4, 0.5) is 8.78 Å². The zero-order valence-electron chi connectivity index (χ0n) is 12.2. The third-order valence-corrected chi connectivity index (χ3v) is 4.03. The summed E-state index contributed by atoms with van der Waals surface area (Å²) < 4.78 is 28.7. The summed E-state index contributed by atoms with van der Waals surface area (Å²) in [7, 11) is 0. The van der Waals surface area contributed by atoms with Crippen LogP contribution in [0.3, 0.4) is 0 Å². The molecule has 1 atom stereocenters. The molecule has 0 aliphatic heterocycles. The Bertz CT molecular complexity index is 687. The smallest absolute Gasteiger partial charge is 0.240 e. The summed E-state index contributed by atoms with van der Waals surface area (Å²) in [4.78, 5) is 12.2. The highest BCUT2D eigenvalue weighted by molar-refractivity contribution is 5.76. The molecule has 1 fully saturated rings. The van der Waals surface area contributed by atoms with E-state index >= 15 is 0 Å². The van der Waals surface area contributed by atoms with E-state index in [0.717, 1.165) is 12.1 Å². The third kappa shape index (κ3) is 3.53. The Balaban J connectivity index is 1.77. The summed E-state index contributed by atoms with van der Waals surface area (Å²) in [6.45, 7) is 0.00157. The number of rotatable bonds is 5. The first-order chi connectivity index (χ1) is 11.0. The number of benzene rings is 1. The molecule has 1 aromatic heterocycles. The number of halogens is 2. The zero-order chi connectivity index (χ0) is 16.4.